The number of carbonyl (C=O) groups excluding carboxylic acids is 1. The number of alkyl halides is 3. The van der Waals surface area contributed by atoms with Crippen LogP contribution in [0.25, 0.3) is 5.69 Å². The standard InChI is InChI=1S/C20H15F4N3O4/c21-13-3-1-2-4-16(13)27-17(28)9-15(26-27)19(31)25-14(10-18(29)30)11-5-7-12(8-6-11)20(22,23)24/h1-9,14,26H,10H2,(H,25,31)(H,29,30)/t14-/m0/s1. The Labute approximate surface area is 171 Å². The molecule has 0 radical (unpaired) electrons. The third-order valence-electron chi connectivity index (χ3n) is 4.38. The predicted molar refractivity (Wildman–Crippen MR) is 100 cm³/mol. The number of hydrogen-bond acceptors (Lipinski definition) is 3. The molecule has 0 aliphatic carbocycles. The number of aromatic nitrogens is 2. The molecule has 1 amide bonds. The molecule has 0 spiro atoms. The second kappa shape index (κ2) is 8.46. The summed E-state index contributed by atoms with van der Waals surface area (Å²) >= 11 is 0. The minimum absolute atomic E-state index is 0.125. The smallest absolute Gasteiger partial charge is 0.416 e. The fourth-order valence-corrected chi connectivity index (χ4v) is 2.89. The van der Waals surface area contributed by atoms with E-state index in [1.54, 1.807) is 0 Å². The van der Waals surface area contributed by atoms with Gasteiger partial charge < -0.3 is 10.4 Å². The molecular formula is C20H15F4N3O4. The molecule has 2 aromatic carbocycles. The van der Waals surface area contributed by atoms with Crippen LogP contribution in [0.15, 0.2) is 59.4 Å². The van der Waals surface area contributed by atoms with E-state index in [0.29, 0.717) is 0 Å². The highest BCUT2D eigenvalue weighted by molar-refractivity contribution is 5.92. The van der Waals surface area contributed by atoms with Crippen molar-refractivity contribution in [3.05, 3.63) is 87.6 Å². The van der Waals surface area contributed by atoms with Crippen molar-refractivity contribution >= 4 is 11.9 Å². The molecule has 3 N–H and O–H groups in total. The van der Waals surface area contributed by atoms with Crippen molar-refractivity contribution in [1.29, 1.82) is 0 Å². The summed E-state index contributed by atoms with van der Waals surface area (Å²) in [4.78, 5) is 35.9. The summed E-state index contributed by atoms with van der Waals surface area (Å²) in [6.45, 7) is 0. The molecule has 0 bridgehead atoms. The molecule has 7 nitrogen and oxygen atoms in total. The second-order valence-electron chi connectivity index (χ2n) is 6.54. The molecular weight excluding hydrogens is 422 g/mol. The van der Waals surface area contributed by atoms with Crippen LogP contribution in [0.1, 0.15) is 34.1 Å². The first kappa shape index (κ1) is 21.8. The Hall–Kier alpha value is -3.89. The maximum absolute atomic E-state index is 13.9. The molecule has 0 saturated heterocycles. The summed E-state index contributed by atoms with van der Waals surface area (Å²) in [5.74, 6) is -2.91. The van der Waals surface area contributed by atoms with Crippen molar-refractivity contribution in [3.63, 3.8) is 0 Å². The van der Waals surface area contributed by atoms with E-state index in [-0.39, 0.29) is 16.9 Å². The zero-order valence-electron chi connectivity index (χ0n) is 15.6. The first-order chi connectivity index (χ1) is 14.6. The zero-order valence-corrected chi connectivity index (χ0v) is 15.6. The topological polar surface area (TPSA) is 104 Å². The number of H-pyrrole nitrogens is 1. The molecule has 3 aromatic rings. The molecule has 162 valence electrons. The van der Waals surface area contributed by atoms with Crippen LogP contribution >= 0.6 is 0 Å². The van der Waals surface area contributed by atoms with Gasteiger partial charge in [-0.1, -0.05) is 24.3 Å². The van der Waals surface area contributed by atoms with Gasteiger partial charge in [0, 0.05) is 6.07 Å². The molecule has 1 aromatic heterocycles. The summed E-state index contributed by atoms with van der Waals surface area (Å²) in [7, 11) is 0. The van der Waals surface area contributed by atoms with Crippen LogP contribution in [0.2, 0.25) is 0 Å². The number of carboxylic acid groups (broad SMARTS) is 1. The number of aromatic amines is 1. The van der Waals surface area contributed by atoms with Crippen LogP contribution in [-0.4, -0.2) is 26.8 Å². The molecule has 0 aliphatic heterocycles. The highest BCUT2D eigenvalue weighted by Gasteiger charge is 2.30. The minimum atomic E-state index is -4.57. The lowest BCUT2D eigenvalue weighted by Gasteiger charge is -2.18. The quantitative estimate of drug-likeness (QED) is 0.515. The van der Waals surface area contributed by atoms with Gasteiger partial charge in [-0.25, -0.2) is 9.07 Å². The fraction of sp³-hybridized carbons (Fsp3) is 0.150. The monoisotopic (exact) mass is 437 g/mol. The second-order valence-corrected chi connectivity index (χ2v) is 6.54. The number of rotatable bonds is 6. The van der Waals surface area contributed by atoms with Gasteiger partial charge in [0.05, 0.1) is 18.0 Å². The van der Waals surface area contributed by atoms with E-state index in [0.717, 1.165) is 41.1 Å². The third kappa shape index (κ3) is 5.00. The number of amides is 1. The predicted octanol–water partition coefficient (Wildman–Crippen LogP) is 3.27. The number of para-hydroxylation sites is 1. The average Bonchev–Trinajstić information content (AvgIpc) is 3.08. The molecule has 1 atom stereocenters. The Morgan fingerprint density at radius 2 is 1.74 bits per heavy atom. The Morgan fingerprint density at radius 1 is 1.10 bits per heavy atom. The van der Waals surface area contributed by atoms with Gasteiger partial charge in [0.1, 0.15) is 17.2 Å². The van der Waals surface area contributed by atoms with Gasteiger partial charge in [0.2, 0.25) is 0 Å². The van der Waals surface area contributed by atoms with Crippen LogP contribution < -0.4 is 10.9 Å². The molecule has 0 saturated carbocycles. The van der Waals surface area contributed by atoms with Crippen molar-refractivity contribution in [3.8, 4) is 5.69 Å². The number of carboxylic acids is 1. The van der Waals surface area contributed by atoms with Crippen molar-refractivity contribution in [1.82, 2.24) is 15.1 Å². The largest absolute Gasteiger partial charge is 0.481 e. The van der Waals surface area contributed by atoms with Gasteiger partial charge in [-0.2, -0.15) is 13.2 Å². The number of nitrogens with one attached hydrogen (secondary N) is 2. The van der Waals surface area contributed by atoms with Gasteiger partial charge >= 0.3 is 12.1 Å². The van der Waals surface area contributed by atoms with Crippen molar-refractivity contribution in [2.45, 2.75) is 18.6 Å². The van der Waals surface area contributed by atoms with Crippen LogP contribution in [0.5, 0.6) is 0 Å². The lowest BCUT2D eigenvalue weighted by molar-refractivity contribution is -0.138. The van der Waals surface area contributed by atoms with E-state index in [9.17, 15) is 31.9 Å². The number of aliphatic carboxylic acids is 1. The zero-order chi connectivity index (χ0) is 22.8. The first-order valence-corrected chi connectivity index (χ1v) is 8.83. The summed E-state index contributed by atoms with van der Waals surface area (Å²) in [6, 6.07) is 8.72. The van der Waals surface area contributed by atoms with E-state index in [2.05, 4.69) is 10.4 Å². The number of hydrogen-bond donors (Lipinski definition) is 3. The van der Waals surface area contributed by atoms with Crippen LogP contribution in [0.3, 0.4) is 0 Å². The first-order valence-electron chi connectivity index (χ1n) is 8.83. The fourth-order valence-electron chi connectivity index (χ4n) is 2.89. The Morgan fingerprint density at radius 3 is 2.32 bits per heavy atom. The SMILES string of the molecule is O=C(O)C[C@H](NC(=O)c1cc(=O)n(-c2ccccc2F)[nH]1)c1ccc(C(F)(F)F)cc1. The number of halogens is 4. The van der Waals surface area contributed by atoms with E-state index >= 15 is 0 Å². The Bertz CT molecular complexity index is 1170. The van der Waals surface area contributed by atoms with E-state index in [4.69, 9.17) is 5.11 Å². The maximum atomic E-state index is 13.9. The number of carbonyl (C=O) groups is 2. The van der Waals surface area contributed by atoms with Crippen LogP contribution in [-0.2, 0) is 11.0 Å². The summed E-state index contributed by atoms with van der Waals surface area (Å²) in [5, 5.41) is 13.9. The average molecular weight is 437 g/mol. The highest BCUT2D eigenvalue weighted by Crippen LogP contribution is 2.30. The lowest BCUT2D eigenvalue weighted by atomic mass is 10.0. The third-order valence-corrected chi connectivity index (χ3v) is 4.38. The normalized spacial score (nSPS) is 12.4. The minimum Gasteiger partial charge on any atom is -0.481 e. The van der Waals surface area contributed by atoms with Gasteiger partial charge in [-0.3, -0.25) is 19.5 Å². The Kier molecular flexibility index (Phi) is 5.95. The highest BCUT2D eigenvalue weighted by atomic mass is 19.4. The van der Waals surface area contributed by atoms with Crippen LogP contribution in [0, 0.1) is 5.82 Å². The molecule has 11 heteroatoms. The maximum Gasteiger partial charge on any atom is 0.416 e. The van der Waals surface area contributed by atoms with Gasteiger partial charge in [-0.05, 0) is 29.8 Å². The molecule has 3 rings (SSSR count). The summed E-state index contributed by atoms with van der Waals surface area (Å²) in [5.41, 5.74) is -1.95. The van der Waals surface area contributed by atoms with Gasteiger partial charge in [-0.15, -0.1) is 0 Å². The number of benzene rings is 2. The molecule has 1 heterocycles. The van der Waals surface area contributed by atoms with Gasteiger partial charge in [0.15, 0.2) is 0 Å². The summed E-state index contributed by atoms with van der Waals surface area (Å²) in [6.07, 6.45) is -5.19. The van der Waals surface area contributed by atoms with E-state index in [1.807, 2.05) is 0 Å². The van der Waals surface area contributed by atoms with Crippen molar-refractivity contribution < 1.29 is 32.3 Å². The van der Waals surface area contributed by atoms with E-state index < -0.39 is 47.5 Å². The lowest BCUT2D eigenvalue weighted by Crippen LogP contribution is -2.30. The van der Waals surface area contributed by atoms with Gasteiger partial charge in [0.25, 0.3) is 11.5 Å². The Balaban J connectivity index is 1.87. The molecule has 31 heavy (non-hydrogen) atoms. The number of nitrogens with zero attached hydrogens (tertiary/aromatic N) is 1. The van der Waals surface area contributed by atoms with Crippen LogP contribution in [0.4, 0.5) is 17.6 Å². The molecule has 0 unspecified atom stereocenters. The molecule has 0 fully saturated rings. The molecule has 0 aliphatic rings. The van der Waals surface area contributed by atoms with Crippen molar-refractivity contribution in [2.75, 3.05) is 0 Å². The summed E-state index contributed by atoms with van der Waals surface area (Å²) < 4.78 is 53.0. The van der Waals surface area contributed by atoms with Crippen molar-refractivity contribution in [2.24, 2.45) is 0 Å². The van der Waals surface area contributed by atoms with E-state index in [1.165, 1.54) is 18.2 Å².